The van der Waals surface area contributed by atoms with E-state index in [1.807, 2.05) is 30.5 Å². The molecule has 0 atom stereocenters. The number of thioether (sulfide) groups is 1. The molecule has 0 saturated heterocycles. The number of benzene rings is 1. The van der Waals surface area contributed by atoms with Crippen LogP contribution in [0, 0.1) is 0 Å². The topological polar surface area (TPSA) is 56.0 Å². The molecule has 3 aromatic rings. The van der Waals surface area contributed by atoms with Gasteiger partial charge in [0.15, 0.2) is 10.8 Å². The van der Waals surface area contributed by atoms with Gasteiger partial charge < -0.3 is 0 Å². The van der Waals surface area contributed by atoms with Gasteiger partial charge in [0.2, 0.25) is 0 Å². The molecule has 74 valence electrons. The third-order valence-electron chi connectivity index (χ3n) is 2.19. The molecule has 0 radical (unpaired) electrons. The van der Waals surface area contributed by atoms with Gasteiger partial charge in [-0.25, -0.2) is 4.98 Å². The lowest BCUT2D eigenvalue weighted by Gasteiger charge is -2.01. The molecule has 0 fully saturated rings. The maximum Gasteiger partial charge on any atom is 0.193 e. The zero-order valence-corrected chi connectivity index (χ0v) is 8.77. The van der Waals surface area contributed by atoms with Crippen molar-refractivity contribution in [3.8, 4) is 0 Å². The summed E-state index contributed by atoms with van der Waals surface area (Å²) in [5.41, 5.74) is 1.68. The Balaban J connectivity index is 2.57. The SMILES string of the molecule is CSc1nc2ccccc2c2nnnn12. The monoisotopic (exact) mass is 217 g/mol. The number of para-hydroxylation sites is 1. The zero-order valence-electron chi connectivity index (χ0n) is 7.95. The van der Waals surface area contributed by atoms with Gasteiger partial charge in [-0.05, 0) is 28.8 Å². The summed E-state index contributed by atoms with van der Waals surface area (Å²) in [4.78, 5) is 4.48. The Morgan fingerprint density at radius 1 is 1.27 bits per heavy atom. The quantitative estimate of drug-likeness (QED) is 0.455. The maximum absolute atomic E-state index is 4.48. The van der Waals surface area contributed by atoms with Gasteiger partial charge in [-0.3, -0.25) is 0 Å². The fourth-order valence-electron chi connectivity index (χ4n) is 1.53. The average molecular weight is 217 g/mol. The Labute approximate surface area is 89.5 Å². The lowest BCUT2D eigenvalue weighted by molar-refractivity contribution is 0.743. The van der Waals surface area contributed by atoms with E-state index in [1.54, 1.807) is 4.52 Å². The molecule has 2 heterocycles. The molecule has 0 amide bonds. The van der Waals surface area contributed by atoms with E-state index in [9.17, 15) is 0 Å². The summed E-state index contributed by atoms with van der Waals surface area (Å²) in [5.74, 6) is 0. The highest BCUT2D eigenvalue weighted by Crippen LogP contribution is 2.20. The largest absolute Gasteiger partial charge is 0.222 e. The van der Waals surface area contributed by atoms with Crippen LogP contribution in [0.3, 0.4) is 0 Å². The Kier molecular flexibility index (Phi) is 1.81. The summed E-state index contributed by atoms with van der Waals surface area (Å²) in [6, 6.07) is 7.85. The normalized spacial score (nSPS) is 11.3. The van der Waals surface area contributed by atoms with Crippen molar-refractivity contribution >= 4 is 28.3 Å². The summed E-state index contributed by atoms with van der Waals surface area (Å²) in [6.07, 6.45) is 1.96. The van der Waals surface area contributed by atoms with E-state index in [-0.39, 0.29) is 0 Å². The summed E-state index contributed by atoms with van der Waals surface area (Å²) in [7, 11) is 0. The van der Waals surface area contributed by atoms with E-state index in [4.69, 9.17) is 0 Å². The van der Waals surface area contributed by atoms with E-state index in [2.05, 4.69) is 20.5 Å². The molecule has 5 nitrogen and oxygen atoms in total. The molecular weight excluding hydrogens is 210 g/mol. The van der Waals surface area contributed by atoms with Crippen LogP contribution in [-0.2, 0) is 0 Å². The van der Waals surface area contributed by atoms with Crippen LogP contribution in [-0.4, -0.2) is 31.3 Å². The van der Waals surface area contributed by atoms with E-state index >= 15 is 0 Å². The Morgan fingerprint density at radius 3 is 3.00 bits per heavy atom. The van der Waals surface area contributed by atoms with Crippen molar-refractivity contribution in [1.29, 1.82) is 0 Å². The summed E-state index contributed by atoms with van der Waals surface area (Å²) >= 11 is 1.53. The number of tetrazole rings is 1. The van der Waals surface area contributed by atoms with Crippen LogP contribution in [0.5, 0.6) is 0 Å². The lowest BCUT2D eigenvalue weighted by atomic mass is 10.2. The van der Waals surface area contributed by atoms with Gasteiger partial charge in [0.05, 0.1) is 5.52 Å². The molecule has 0 aliphatic heterocycles. The minimum Gasteiger partial charge on any atom is -0.222 e. The maximum atomic E-state index is 4.48. The predicted octanol–water partition coefficient (Wildman–Crippen LogP) is 1.39. The van der Waals surface area contributed by atoms with Crippen molar-refractivity contribution in [1.82, 2.24) is 25.0 Å². The summed E-state index contributed by atoms with van der Waals surface area (Å²) in [6.45, 7) is 0. The fraction of sp³-hybridized carbons (Fsp3) is 0.111. The predicted molar refractivity (Wildman–Crippen MR) is 57.9 cm³/mol. The molecule has 0 aliphatic carbocycles. The van der Waals surface area contributed by atoms with Gasteiger partial charge in [0, 0.05) is 5.39 Å². The molecular formula is C9H7N5S. The van der Waals surface area contributed by atoms with Crippen molar-refractivity contribution in [2.75, 3.05) is 6.26 Å². The van der Waals surface area contributed by atoms with Crippen LogP contribution >= 0.6 is 11.8 Å². The third-order valence-corrected chi connectivity index (χ3v) is 2.82. The highest BCUT2D eigenvalue weighted by Gasteiger charge is 2.09. The smallest absolute Gasteiger partial charge is 0.193 e. The van der Waals surface area contributed by atoms with Crippen LogP contribution < -0.4 is 0 Å². The summed E-state index contributed by atoms with van der Waals surface area (Å²) < 4.78 is 1.66. The minimum atomic E-state index is 0.755. The Hall–Kier alpha value is -1.69. The highest BCUT2D eigenvalue weighted by molar-refractivity contribution is 7.98. The van der Waals surface area contributed by atoms with Gasteiger partial charge in [-0.15, -0.1) is 5.10 Å². The van der Waals surface area contributed by atoms with Crippen LogP contribution in [0.4, 0.5) is 0 Å². The van der Waals surface area contributed by atoms with Crippen molar-refractivity contribution in [3.05, 3.63) is 24.3 Å². The first kappa shape index (κ1) is 8.60. The van der Waals surface area contributed by atoms with Gasteiger partial charge in [-0.1, -0.05) is 23.9 Å². The molecule has 6 heteroatoms. The van der Waals surface area contributed by atoms with Gasteiger partial charge in [0.25, 0.3) is 0 Å². The molecule has 3 rings (SSSR count). The molecule has 2 aromatic heterocycles. The zero-order chi connectivity index (χ0) is 10.3. The highest BCUT2D eigenvalue weighted by atomic mass is 32.2. The number of hydrogen-bond acceptors (Lipinski definition) is 5. The molecule has 0 spiro atoms. The van der Waals surface area contributed by atoms with Crippen LogP contribution in [0.2, 0.25) is 0 Å². The van der Waals surface area contributed by atoms with Gasteiger partial charge in [0.1, 0.15) is 0 Å². The van der Waals surface area contributed by atoms with Crippen LogP contribution in [0.15, 0.2) is 29.4 Å². The third kappa shape index (κ3) is 1.18. The first-order chi connectivity index (χ1) is 7.40. The van der Waals surface area contributed by atoms with E-state index in [0.29, 0.717) is 0 Å². The second-order valence-electron chi connectivity index (χ2n) is 3.03. The van der Waals surface area contributed by atoms with E-state index in [1.165, 1.54) is 11.8 Å². The Bertz CT molecular complexity index is 633. The number of fused-ring (bicyclic) bond motifs is 3. The molecule has 1 aromatic carbocycles. The standard InChI is InChI=1S/C9H7N5S/c1-15-9-10-7-5-3-2-4-6(7)8-11-12-13-14(8)9/h2-5H,1H3. The molecule has 0 bridgehead atoms. The van der Waals surface area contributed by atoms with Crippen molar-refractivity contribution in [3.63, 3.8) is 0 Å². The van der Waals surface area contributed by atoms with Crippen molar-refractivity contribution < 1.29 is 0 Å². The van der Waals surface area contributed by atoms with Crippen LogP contribution in [0.25, 0.3) is 16.6 Å². The summed E-state index contributed by atoms with van der Waals surface area (Å²) in [5, 5.41) is 13.4. The minimum absolute atomic E-state index is 0.755. The number of hydrogen-bond donors (Lipinski definition) is 0. The van der Waals surface area contributed by atoms with Crippen LogP contribution in [0.1, 0.15) is 0 Å². The second kappa shape index (κ2) is 3.16. The van der Waals surface area contributed by atoms with E-state index in [0.717, 1.165) is 21.7 Å². The first-order valence-corrected chi connectivity index (χ1v) is 5.63. The number of rotatable bonds is 1. The number of nitrogens with zero attached hydrogens (tertiary/aromatic N) is 5. The van der Waals surface area contributed by atoms with Crippen molar-refractivity contribution in [2.45, 2.75) is 5.16 Å². The number of aromatic nitrogens is 5. The van der Waals surface area contributed by atoms with Gasteiger partial charge >= 0.3 is 0 Å². The molecule has 0 unspecified atom stereocenters. The first-order valence-electron chi connectivity index (χ1n) is 4.41. The fourth-order valence-corrected chi connectivity index (χ4v) is 2.01. The lowest BCUT2D eigenvalue weighted by Crippen LogP contribution is -1.97. The average Bonchev–Trinajstić information content (AvgIpc) is 2.77. The molecule has 0 N–H and O–H groups in total. The Morgan fingerprint density at radius 2 is 2.13 bits per heavy atom. The van der Waals surface area contributed by atoms with E-state index < -0.39 is 0 Å². The molecule has 15 heavy (non-hydrogen) atoms. The van der Waals surface area contributed by atoms with Gasteiger partial charge in [-0.2, -0.15) is 4.52 Å². The second-order valence-corrected chi connectivity index (χ2v) is 3.80. The van der Waals surface area contributed by atoms with Crippen molar-refractivity contribution in [2.24, 2.45) is 0 Å². The molecule has 0 saturated carbocycles. The molecule has 0 aliphatic rings.